The molecule has 1 unspecified atom stereocenters. The number of rotatable bonds is 3. The summed E-state index contributed by atoms with van der Waals surface area (Å²) in [6.07, 6.45) is 9.47. The molecular formula is C20H20Cl3IN4O. The van der Waals surface area contributed by atoms with Crippen molar-refractivity contribution < 1.29 is 33.3 Å². The number of pyridine rings is 1. The third kappa shape index (κ3) is 4.81. The highest BCUT2D eigenvalue weighted by Crippen LogP contribution is 2.39. The Morgan fingerprint density at radius 2 is 1.62 bits per heavy atom. The molecule has 1 amide bonds. The van der Waals surface area contributed by atoms with E-state index in [0.29, 0.717) is 22.6 Å². The Morgan fingerprint density at radius 3 is 2.24 bits per heavy atom. The molecule has 1 aromatic heterocycles. The van der Waals surface area contributed by atoms with E-state index in [2.05, 4.69) is 10.4 Å². The lowest BCUT2D eigenvalue weighted by Gasteiger charge is -2.23. The van der Waals surface area contributed by atoms with Gasteiger partial charge in [-0.15, -0.1) is 5.10 Å². The second-order valence-corrected chi connectivity index (χ2v) is 8.31. The Balaban J connectivity index is 0.00000240. The third-order valence-corrected chi connectivity index (χ3v) is 5.89. The van der Waals surface area contributed by atoms with Gasteiger partial charge in [0.25, 0.3) is 6.04 Å². The molecule has 0 saturated heterocycles. The number of amidine groups is 1. The van der Waals surface area contributed by atoms with Gasteiger partial charge < -0.3 is 29.3 Å². The van der Waals surface area contributed by atoms with Crippen molar-refractivity contribution >= 4 is 52.2 Å². The maximum atomic E-state index is 13.3. The van der Waals surface area contributed by atoms with E-state index in [1.165, 1.54) is 24.3 Å². The predicted octanol–water partition coefficient (Wildman–Crippen LogP) is 1.76. The molecule has 1 aliphatic heterocycles. The van der Waals surface area contributed by atoms with Gasteiger partial charge in [-0.3, -0.25) is 4.79 Å². The van der Waals surface area contributed by atoms with Crippen molar-refractivity contribution in [2.45, 2.75) is 44.2 Å². The lowest BCUT2D eigenvalue weighted by atomic mass is 9.95. The summed E-state index contributed by atoms with van der Waals surface area (Å²) in [7, 11) is 0. The second kappa shape index (κ2) is 9.81. The van der Waals surface area contributed by atoms with Gasteiger partial charge in [-0.1, -0.05) is 60.1 Å². The smallest absolute Gasteiger partial charge is 0.324 e. The largest absolute Gasteiger partial charge is 1.00 e. The minimum atomic E-state index is -0.592. The molecule has 9 heteroatoms. The molecule has 0 radical (unpaired) electrons. The second-order valence-electron chi connectivity index (χ2n) is 7.06. The van der Waals surface area contributed by atoms with E-state index >= 15 is 0 Å². The summed E-state index contributed by atoms with van der Waals surface area (Å²) >= 11 is 18.7. The Kier molecular flexibility index (Phi) is 7.64. The van der Waals surface area contributed by atoms with Gasteiger partial charge in [0.2, 0.25) is 5.84 Å². The van der Waals surface area contributed by atoms with Gasteiger partial charge in [0.15, 0.2) is 12.4 Å². The SMILES string of the molecule is O=C1C([n+]2ccccc2)C(NC2CCCCC2)=NN1c1c(Cl)cc(Cl)cc1Cl.[I-]. The van der Waals surface area contributed by atoms with Crippen LogP contribution >= 0.6 is 34.8 Å². The molecule has 1 aromatic carbocycles. The first-order valence-electron chi connectivity index (χ1n) is 9.34. The molecule has 1 saturated carbocycles. The quantitative estimate of drug-likeness (QED) is 0.456. The monoisotopic (exact) mass is 564 g/mol. The summed E-state index contributed by atoms with van der Waals surface area (Å²) in [6.45, 7) is 0. The number of carbonyl (C=O) groups excluding carboxylic acids is 1. The van der Waals surface area contributed by atoms with Crippen LogP contribution in [-0.2, 0) is 4.79 Å². The van der Waals surface area contributed by atoms with Gasteiger partial charge in [0, 0.05) is 23.2 Å². The fourth-order valence-corrected chi connectivity index (χ4v) is 4.74. The number of anilines is 1. The van der Waals surface area contributed by atoms with Crippen molar-refractivity contribution in [1.82, 2.24) is 5.32 Å². The topological polar surface area (TPSA) is 48.6 Å². The molecule has 2 aliphatic rings. The summed E-state index contributed by atoms with van der Waals surface area (Å²) in [5.74, 6) is 0.385. The van der Waals surface area contributed by atoms with E-state index in [-0.39, 0.29) is 39.9 Å². The van der Waals surface area contributed by atoms with Crippen LogP contribution in [0.5, 0.6) is 0 Å². The number of nitrogens with one attached hydrogen (secondary N) is 1. The standard InChI is InChI=1S/C20H20Cl3N4O.HI/c21-13-11-15(22)17(16(23)12-13)27-20(28)18(26-9-5-2-6-10-26)19(25-27)24-14-7-3-1-4-8-14;/h2,5-6,9-12,14,18H,1,3-4,7-8H2,(H,24,25);1H/q+1;/p-1. The molecule has 154 valence electrons. The molecule has 0 spiro atoms. The summed E-state index contributed by atoms with van der Waals surface area (Å²) in [4.78, 5) is 13.3. The Bertz CT molecular complexity index is 896. The molecule has 1 atom stereocenters. The first-order valence-corrected chi connectivity index (χ1v) is 10.5. The van der Waals surface area contributed by atoms with Crippen molar-refractivity contribution in [3.05, 3.63) is 57.8 Å². The van der Waals surface area contributed by atoms with E-state index < -0.39 is 6.04 Å². The molecule has 0 bridgehead atoms. The summed E-state index contributed by atoms with van der Waals surface area (Å²) in [5.41, 5.74) is 0.347. The van der Waals surface area contributed by atoms with E-state index in [1.807, 2.05) is 35.2 Å². The maximum absolute atomic E-state index is 13.3. The van der Waals surface area contributed by atoms with Gasteiger partial charge in [0.1, 0.15) is 5.69 Å². The van der Waals surface area contributed by atoms with Crippen LogP contribution in [0.15, 0.2) is 47.8 Å². The third-order valence-electron chi connectivity index (χ3n) is 5.10. The van der Waals surface area contributed by atoms with Crippen molar-refractivity contribution in [2.75, 3.05) is 5.01 Å². The van der Waals surface area contributed by atoms with Crippen molar-refractivity contribution in [3.63, 3.8) is 0 Å². The van der Waals surface area contributed by atoms with E-state index in [0.717, 1.165) is 12.8 Å². The van der Waals surface area contributed by atoms with Crippen LogP contribution in [0.2, 0.25) is 15.1 Å². The minimum absolute atomic E-state index is 0. The summed E-state index contributed by atoms with van der Waals surface area (Å²) in [6, 6.07) is 8.52. The first kappa shape index (κ1) is 22.6. The van der Waals surface area contributed by atoms with Crippen LogP contribution in [0.1, 0.15) is 38.1 Å². The van der Waals surface area contributed by atoms with E-state index in [1.54, 1.807) is 12.1 Å². The highest BCUT2D eigenvalue weighted by molar-refractivity contribution is 6.42. The van der Waals surface area contributed by atoms with E-state index in [9.17, 15) is 4.79 Å². The van der Waals surface area contributed by atoms with Crippen molar-refractivity contribution in [1.29, 1.82) is 0 Å². The number of halogens is 4. The molecule has 2 aromatic rings. The molecule has 5 nitrogen and oxygen atoms in total. The van der Waals surface area contributed by atoms with E-state index in [4.69, 9.17) is 34.8 Å². The van der Waals surface area contributed by atoms with Crippen LogP contribution < -0.4 is 38.9 Å². The normalized spacial score (nSPS) is 19.7. The Labute approximate surface area is 202 Å². The molecule has 4 rings (SSSR count). The molecule has 29 heavy (non-hydrogen) atoms. The number of benzene rings is 1. The Morgan fingerprint density at radius 1 is 1.00 bits per heavy atom. The number of carbonyl (C=O) groups is 1. The van der Waals surface area contributed by atoms with Gasteiger partial charge >= 0.3 is 5.91 Å². The van der Waals surface area contributed by atoms with Crippen molar-refractivity contribution in [2.24, 2.45) is 5.10 Å². The average Bonchev–Trinajstić information content (AvgIpc) is 2.98. The van der Waals surface area contributed by atoms with Crippen LogP contribution in [-0.4, -0.2) is 17.8 Å². The lowest BCUT2D eigenvalue weighted by Crippen LogP contribution is -3.00. The molecule has 1 aliphatic carbocycles. The maximum Gasteiger partial charge on any atom is 0.324 e. The lowest BCUT2D eigenvalue weighted by molar-refractivity contribution is -0.693. The van der Waals surface area contributed by atoms with Gasteiger partial charge in [-0.2, -0.15) is 9.58 Å². The zero-order valence-corrected chi connectivity index (χ0v) is 19.9. The van der Waals surface area contributed by atoms with Gasteiger partial charge in [-0.25, -0.2) is 0 Å². The summed E-state index contributed by atoms with van der Waals surface area (Å²) < 4.78 is 1.84. The van der Waals surface area contributed by atoms with Crippen LogP contribution in [0.4, 0.5) is 5.69 Å². The first-order chi connectivity index (χ1) is 13.5. The number of aromatic nitrogens is 1. The number of nitrogens with zero attached hydrogens (tertiary/aromatic N) is 3. The van der Waals surface area contributed by atoms with Crippen molar-refractivity contribution in [3.8, 4) is 0 Å². The Hall–Kier alpha value is -1.09. The fraction of sp³-hybridized carbons (Fsp3) is 0.350. The van der Waals surface area contributed by atoms with Crippen LogP contribution in [0.3, 0.4) is 0 Å². The number of hydrogen-bond donors (Lipinski definition) is 1. The number of hydrazone groups is 1. The average molecular weight is 566 g/mol. The zero-order valence-electron chi connectivity index (χ0n) is 15.5. The summed E-state index contributed by atoms with van der Waals surface area (Å²) in [5, 5.41) is 10.4. The molecule has 1 fully saturated rings. The zero-order chi connectivity index (χ0) is 19.7. The fourth-order valence-electron chi connectivity index (χ4n) is 3.76. The number of hydrogen-bond acceptors (Lipinski definition) is 3. The molecule has 2 heterocycles. The minimum Gasteiger partial charge on any atom is -1.00 e. The highest BCUT2D eigenvalue weighted by atomic mass is 127. The molecule has 1 N–H and O–H groups in total. The number of amides is 1. The van der Waals surface area contributed by atoms with Gasteiger partial charge in [-0.05, 0) is 25.0 Å². The van der Waals surface area contributed by atoms with Crippen LogP contribution in [0, 0.1) is 0 Å². The highest BCUT2D eigenvalue weighted by Gasteiger charge is 2.45. The van der Waals surface area contributed by atoms with Gasteiger partial charge in [0.05, 0.1) is 10.0 Å². The molecular weight excluding hydrogens is 546 g/mol. The van der Waals surface area contributed by atoms with Crippen LogP contribution in [0.25, 0.3) is 0 Å². The predicted molar refractivity (Wildman–Crippen MR) is 112 cm³/mol.